The molecule has 0 saturated heterocycles. The molecule has 7 heteroatoms. The van der Waals surface area contributed by atoms with E-state index in [0.29, 0.717) is 13.2 Å². The molecule has 1 heterocycles. The lowest BCUT2D eigenvalue weighted by Gasteiger charge is -2.07. The predicted octanol–water partition coefficient (Wildman–Crippen LogP) is 3.84. The topological polar surface area (TPSA) is 73.3 Å². The van der Waals surface area contributed by atoms with Gasteiger partial charge in [-0.2, -0.15) is 0 Å². The summed E-state index contributed by atoms with van der Waals surface area (Å²) in [5.41, 5.74) is 0.929. The van der Waals surface area contributed by atoms with Gasteiger partial charge in [-0.1, -0.05) is 13.3 Å². The molecule has 0 aromatic carbocycles. The Labute approximate surface area is 136 Å². The first-order valence-corrected chi connectivity index (χ1v) is 8.10. The molecule has 0 amide bonds. The Morgan fingerprint density at radius 2 is 1.95 bits per heavy atom. The van der Waals surface area contributed by atoms with E-state index in [2.05, 4.69) is 20.0 Å². The summed E-state index contributed by atoms with van der Waals surface area (Å²) in [6.07, 6.45) is 4.17. The Balaban J connectivity index is 2.06. The second kappa shape index (κ2) is 11.1. The molecule has 0 aliphatic heterocycles. The third-order valence-corrected chi connectivity index (χ3v) is 3.14. The molecule has 22 heavy (non-hydrogen) atoms. The number of unbranched alkanes of at least 4 members (excludes halogenated alkanes) is 3. The van der Waals surface area contributed by atoms with Crippen molar-refractivity contribution in [2.75, 3.05) is 25.1 Å². The highest BCUT2D eigenvalue weighted by molar-refractivity contribution is 6.28. The van der Waals surface area contributed by atoms with Gasteiger partial charge in [0.25, 0.3) is 0 Å². The molecule has 0 fully saturated rings. The number of carbonyl (C=O) groups excluding carboxylic acids is 1. The highest BCUT2D eigenvalue weighted by Gasteiger charge is 2.02. The third-order valence-electron chi connectivity index (χ3n) is 2.97. The standard InChI is InChI=1S/C15H24ClN3O3/c1-3-12-11-13(19-14(16)18-12)17-9-7-5-6-8-10-22-15(20)21-4-2/h11H,3-10H2,1-2H3,(H,17,18,19). The Hall–Kier alpha value is -1.56. The predicted molar refractivity (Wildman–Crippen MR) is 86.4 cm³/mol. The summed E-state index contributed by atoms with van der Waals surface area (Å²) in [6.45, 7) is 5.36. The van der Waals surface area contributed by atoms with E-state index < -0.39 is 6.16 Å². The second-order valence-corrected chi connectivity index (χ2v) is 5.08. The summed E-state index contributed by atoms with van der Waals surface area (Å²) in [7, 11) is 0. The highest BCUT2D eigenvalue weighted by atomic mass is 35.5. The number of rotatable bonds is 10. The van der Waals surface area contributed by atoms with Crippen LogP contribution in [0.15, 0.2) is 6.07 Å². The number of halogens is 1. The van der Waals surface area contributed by atoms with Crippen LogP contribution in [0.5, 0.6) is 0 Å². The maximum absolute atomic E-state index is 10.9. The monoisotopic (exact) mass is 329 g/mol. The van der Waals surface area contributed by atoms with Gasteiger partial charge < -0.3 is 14.8 Å². The molecule has 0 spiro atoms. The summed E-state index contributed by atoms with van der Waals surface area (Å²) in [5.74, 6) is 0.766. The number of anilines is 1. The minimum Gasteiger partial charge on any atom is -0.435 e. The molecule has 124 valence electrons. The SMILES string of the molecule is CCOC(=O)OCCCCCCNc1cc(CC)nc(Cl)n1. The smallest absolute Gasteiger partial charge is 0.435 e. The van der Waals surface area contributed by atoms with Crippen molar-refractivity contribution in [3.05, 3.63) is 17.0 Å². The fraction of sp³-hybridized carbons (Fsp3) is 0.667. The quantitative estimate of drug-likeness (QED) is 0.399. The molecule has 0 aliphatic rings. The molecule has 0 saturated carbocycles. The minimum absolute atomic E-state index is 0.276. The van der Waals surface area contributed by atoms with E-state index in [9.17, 15) is 4.79 Å². The molecule has 0 unspecified atom stereocenters. The number of hydrogen-bond acceptors (Lipinski definition) is 6. The molecule has 1 aromatic heterocycles. The van der Waals surface area contributed by atoms with Gasteiger partial charge in [0.05, 0.1) is 13.2 Å². The molecule has 0 radical (unpaired) electrons. The first kappa shape index (κ1) is 18.5. The lowest BCUT2D eigenvalue weighted by Crippen LogP contribution is -2.08. The van der Waals surface area contributed by atoms with E-state index in [-0.39, 0.29) is 5.28 Å². The Bertz CT molecular complexity index is 458. The van der Waals surface area contributed by atoms with E-state index in [1.165, 1.54) is 0 Å². The van der Waals surface area contributed by atoms with E-state index >= 15 is 0 Å². The van der Waals surface area contributed by atoms with Crippen LogP contribution in [0.3, 0.4) is 0 Å². The summed E-state index contributed by atoms with van der Waals surface area (Å²) in [6, 6.07) is 1.92. The first-order valence-electron chi connectivity index (χ1n) is 7.72. The fourth-order valence-electron chi connectivity index (χ4n) is 1.85. The van der Waals surface area contributed by atoms with Crippen LogP contribution in [-0.2, 0) is 15.9 Å². The molecule has 1 N–H and O–H groups in total. The summed E-state index contributed by atoms with van der Waals surface area (Å²) >= 11 is 5.86. The lowest BCUT2D eigenvalue weighted by molar-refractivity contribution is 0.0578. The molecule has 0 aliphatic carbocycles. The zero-order valence-corrected chi connectivity index (χ0v) is 14.0. The van der Waals surface area contributed by atoms with Gasteiger partial charge in [0.1, 0.15) is 5.82 Å². The average molecular weight is 330 g/mol. The zero-order chi connectivity index (χ0) is 16.2. The van der Waals surface area contributed by atoms with Gasteiger partial charge in [0.2, 0.25) is 5.28 Å². The Morgan fingerprint density at radius 1 is 1.18 bits per heavy atom. The Kier molecular flexibility index (Phi) is 9.30. The van der Waals surface area contributed by atoms with Gasteiger partial charge in [-0.25, -0.2) is 14.8 Å². The number of carbonyl (C=O) groups is 1. The molecule has 6 nitrogen and oxygen atoms in total. The number of aryl methyl sites for hydroxylation is 1. The lowest BCUT2D eigenvalue weighted by atomic mass is 10.2. The van der Waals surface area contributed by atoms with Crippen molar-refractivity contribution in [1.82, 2.24) is 9.97 Å². The van der Waals surface area contributed by atoms with Crippen LogP contribution in [0.25, 0.3) is 0 Å². The van der Waals surface area contributed by atoms with Crippen LogP contribution < -0.4 is 5.32 Å². The summed E-state index contributed by atoms with van der Waals surface area (Å²) in [5, 5.41) is 3.52. The van der Waals surface area contributed by atoms with Crippen molar-refractivity contribution in [2.45, 2.75) is 46.0 Å². The van der Waals surface area contributed by atoms with Gasteiger partial charge in [-0.3, -0.25) is 0 Å². The summed E-state index contributed by atoms with van der Waals surface area (Å²) in [4.78, 5) is 19.2. The fourth-order valence-corrected chi connectivity index (χ4v) is 2.05. The normalized spacial score (nSPS) is 10.3. The molecule has 0 bridgehead atoms. The van der Waals surface area contributed by atoms with E-state index in [4.69, 9.17) is 16.3 Å². The highest BCUT2D eigenvalue weighted by Crippen LogP contribution is 2.11. The largest absolute Gasteiger partial charge is 0.508 e. The van der Waals surface area contributed by atoms with E-state index in [1.807, 2.05) is 13.0 Å². The van der Waals surface area contributed by atoms with E-state index in [0.717, 1.165) is 50.2 Å². The van der Waals surface area contributed by atoms with Gasteiger partial charge in [-0.05, 0) is 44.2 Å². The molecule has 1 aromatic rings. The zero-order valence-electron chi connectivity index (χ0n) is 13.2. The number of hydrogen-bond donors (Lipinski definition) is 1. The number of nitrogens with zero attached hydrogens (tertiary/aromatic N) is 2. The molecular weight excluding hydrogens is 306 g/mol. The van der Waals surface area contributed by atoms with Gasteiger partial charge in [-0.15, -0.1) is 0 Å². The molecular formula is C15H24ClN3O3. The molecule has 0 atom stereocenters. The van der Waals surface area contributed by atoms with Crippen molar-refractivity contribution in [3.8, 4) is 0 Å². The maximum Gasteiger partial charge on any atom is 0.508 e. The second-order valence-electron chi connectivity index (χ2n) is 4.74. The maximum atomic E-state index is 10.9. The van der Waals surface area contributed by atoms with Crippen molar-refractivity contribution < 1.29 is 14.3 Å². The number of aromatic nitrogens is 2. The van der Waals surface area contributed by atoms with Crippen molar-refractivity contribution in [3.63, 3.8) is 0 Å². The van der Waals surface area contributed by atoms with Gasteiger partial charge in [0.15, 0.2) is 0 Å². The van der Waals surface area contributed by atoms with Gasteiger partial charge >= 0.3 is 6.16 Å². The Morgan fingerprint density at radius 3 is 2.68 bits per heavy atom. The van der Waals surface area contributed by atoms with Crippen molar-refractivity contribution in [1.29, 1.82) is 0 Å². The first-order chi connectivity index (χ1) is 10.7. The average Bonchev–Trinajstić information content (AvgIpc) is 2.49. The van der Waals surface area contributed by atoms with Crippen LogP contribution >= 0.6 is 11.6 Å². The minimum atomic E-state index is -0.587. The number of nitrogens with one attached hydrogen (secondary N) is 1. The van der Waals surface area contributed by atoms with Crippen molar-refractivity contribution in [2.24, 2.45) is 0 Å². The van der Waals surface area contributed by atoms with Gasteiger partial charge in [0, 0.05) is 18.3 Å². The molecule has 1 rings (SSSR count). The summed E-state index contributed by atoms with van der Waals surface area (Å²) < 4.78 is 9.56. The van der Waals surface area contributed by atoms with Crippen molar-refractivity contribution >= 4 is 23.6 Å². The van der Waals surface area contributed by atoms with E-state index in [1.54, 1.807) is 6.92 Å². The number of ether oxygens (including phenoxy) is 2. The van der Waals surface area contributed by atoms with Crippen LogP contribution in [0.1, 0.15) is 45.2 Å². The van der Waals surface area contributed by atoms with Crippen LogP contribution in [0.2, 0.25) is 5.28 Å². The third kappa shape index (κ3) is 8.02. The van der Waals surface area contributed by atoms with Crippen LogP contribution in [-0.4, -0.2) is 35.9 Å². The van der Waals surface area contributed by atoms with Crippen LogP contribution in [0.4, 0.5) is 10.6 Å². The van der Waals surface area contributed by atoms with Crippen LogP contribution in [0, 0.1) is 0 Å².